The monoisotopic (exact) mass is 182 g/mol. The lowest BCUT2D eigenvalue weighted by atomic mass is 10.2. The third-order valence-corrected chi connectivity index (χ3v) is 1.21. The third kappa shape index (κ3) is 2.59. The number of carboxylic acids is 1. The van der Waals surface area contributed by atoms with Gasteiger partial charge in [0.05, 0.1) is 9.68 Å². The van der Waals surface area contributed by atoms with Crippen LogP contribution in [0, 0.1) is 0 Å². The number of hydrogen-bond acceptors (Lipinski definition) is 2. The van der Waals surface area contributed by atoms with Crippen molar-refractivity contribution < 1.29 is 18.8 Å². The Labute approximate surface area is 79.4 Å². The Morgan fingerprint density at radius 3 is 2.69 bits per heavy atom. The molecule has 0 spiro atoms. The summed E-state index contributed by atoms with van der Waals surface area (Å²) in [6, 6.07) is -0.352. The summed E-state index contributed by atoms with van der Waals surface area (Å²) >= 11 is 0. The smallest absolute Gasteiger partial charge is 0.335 e. The van der Waals surface area contributed by atoms with Gasteiger partial charge in [0.25, 0.3) is 0 Å². The molecule has 0 heterocycles. The van der Waals surface area contributed by atoms with Gasteiger partial charge >= 0.3 is 5.97 Å². The fraction of sp³-hybridized carbons (Fsp3) is 0.111. The predicted molar refractivity (Wildman–Crippen MR) is 47.7 cm³/mol. The zero-order valence-electron chi connectivity index (χ0n) is 9.84. The van der Waals surface area contributed by atoms with E-state index in [9.17, 15) is 9.59 Å². The highest BCUT2D eigenvalue weighted by Crippen LogP contribution is 2.08. The van der Waals surface area contributed by atoms with E-state index in [1.165, 1.54) is 6.92 Å². The van der Waals surface area contributed by atoms with Crippen LogP contribution in [0.4, 0.5) is 5.69 Å². The van der Waals surface area contributed by atoms with Gasteiger partial charge in [0.1, 0.15) is 0 Å². The summed E-state index contributed by atoms with van der Waals surface area (Å²) < 4.78 is 22.3. The van der Waals surface area contributed by atoms with E-state index in [4.69, 9.17) is 9.22 Å². The highest BCUT2D eigenvalue weighted by atomic mass is 16.4. The van der Waals surface area contributed by atoms with Crippen LogP contribution < -0.4 is 5.32 Å². The molecule has 68 valence electrons. The molecule has 1 amide bonds. The zero-order chi connectivity index (χ0) is 12.5. The van der Waals surface area contributed by atoms with Crippen LogP contribution in [-0.2, 0) is 4.79 Å². The van der Waals surface area contributed by atoms with Crippen LogP contribution in [-0.4, -0.2) is 17.0 Å². The van der Waals surface area contributed by atoms with Gasteiger partial charge in [0, 0.05) is 12.6 Å². The van der Waals surface area contributed by atoms with Gasteiger partial charge in [-0.25, -0.2) is 4.79 Å². The number of carbonyl (C=O) groups is 2. The van der Waals surface area contributed by atoms with Crippen LogP contribution in [0.3, 0.4) is 0 Å². The first-order chi connectivity index (χ1) is 7.34. The first-order valence-corrected chi connectivity index (χ1v) is 3.46. The van der Waals surface area contributed by atoms with E-state index in [0.29, 0.717) is 0 Å². The largest absolute Gasteiger partial charge is 0.478 e. The minimum absolute atomic E-state index is 0.150. The molecule has 1 aromatic rings. The van der Waals surface area contributed by atoms with Crippen molar-refractivity contribution in [2.75, 3.05) is 5.32 Å². The van der Waals surface area contributed by atoms with E-state index in [1.54, 1.807) is 0 Å². The molecule has 13 heavy (non-hydrogen) atoms. The molecule has 0 radical (unpaired) electrons. The lowest BCUT2D eigenvalue weighted by Gasteiger charge is -2.01. The zero-order valence-corrected chi connectivity index (χ0v) is 6.84. The fourth-order valence-corrected chi connectivity index (χ4v) is 0.705. The number of hydrogen-bond donors (Lipinski definition) is 2. The van der Waals surface area contributed by atoms with Crippen molar-refractivity contribution in [3.63, 3.8) is 0 Å². The quantitative estimate of drug-likeness (QED) is 0.725. The van der Waals surface area contributed by atoms with E-state index < -0.39 is 29.5 Å². The predicted octanol–water partition coefficient (Wildman–Crippen LogP) is 1.34. The van der Waals surface area contributed by atoms with Crippen LogP contribution in [0.15, 0.2) is 24.2 Å². The average Bonchev–Trinajstić information content (AvgIpc) is 2.17. The number of carbonyl (C=O) groups excluding carboxylic acids is 1. The second-order valence-electron chi connectivity index (χ2n) is 2.31. The normalized spacial score (nSPS) is 12.5. The summed E-state index contributed by atoms with van der Waals surface area (Å²) in [4.78, 5) is 21.5. The van der Waals surface area contributed by atoms with Crippen LogP contribution in [0.2, 0.25) is 0 Å². The fourth-order valence-electron chi connectivity index (χ4n) is 0.705. The van der Waals surface area contributed by atoms with Crippen molar-refractivity contribution in [2.24, 2.45) is 0 Å². The van der Waals surface area contributed by atoms with Gasteiger partial charge < -0.3 is 10.4 Å². The highest BCUT2D eigenvalue weighted by Gasteiger charge is 2.01. The molecule has 4 heteroatoms. The third-order valence-electron chi connectivity index (χ3n) is 1.21. The molecule has 0 bridgehead atoms. The summed E-state index contributed by atoms with van der Waals surface area (Å²) in [5, 5.41) is 10.9. The van der Waals surface area contributed by atoms with Gasteiger partial charge in [0.2, 0.25) is 5.91 Å². The van der Waals surface area contributed by atoms with E-state index in [1.807, 2.05) is 0 Å². The molecule has 0 atom stereocenters. The summed E-state index contributed by atoms with van der Waals surface area (Å²) in [7, 11) is 0. The van der Waals surface area contributed by atoms with Crippen molar-refractivity contribution in [3.05, 3.63) is 29.8 Å². The molecule has 0 saturated heterocycles. The minimum atomic E-state index is -1.37. The van der Waals surface area contributed by atoms with Crippen molar-refractivity contribution in [1.82, 2.24) is 0 Å². The lowest BCUT2D eigenvalue weighted by Crippen LogP contribution is -2.05. The molecule has 0 unspecified atom stereocenters. The Kier molecular flexibility index (Phi) is 1.64. The average molecular weight is 182 g/mol. The van der Waals surface area contributed by atoms with Crippen molar-refractivity contribution in [1.29, 1.82) is 0 Å². The molecule has 0 saturated carbocycles. The van der Waals surface area contributed by atoms with E-state index in [2.05, 4.69) is 5.32 Å². The number of anilines is 1. The number of nitrogens with one attached hydrogen (secondary N) is 1. The second kappa shape index (κ2) is 3.71. The maximum atomic E-state index is 10.8. The molecule has 0 aliphatic carbocycles. The van der Waals surface area contributed by atoms with Gasteiger partial charge in [-0.15, -0.1) is 0 Å². The Morgan fingerprint density at radius 1 is 1.46 bits per heavy atom. The van der Waals surface area contributed by atoms with Gasteiger partial charge in [0.15, 0.2) is 0 Å². The molecule has 4 nitrogen and oxygen atoms in total. The van der Waals surface area contributed by atoms with Crippen LogP contribution in [0.5, 0.6) is 0 Å². The standard InChI is InChI=1S/C9H9NO3/c1-6(11)10-8-4-2-7(3-5-8)9(12)13/h2-5H,1H3,(H,10,11)(H,12,13)/i2D,4D,5D. The number of rotatable bonds is 2. The van der Waals surface area contributed by atoms with Gasteiger partial charge in [-0.05, 0) is 24.2 Å². The Morgan fingerprint density at radius 2 is 2.15 bits per heavy atom. The van der Waals surface area contributed by atoms with Crippen LogP contribution in [0.1, 0.15) is 21.4 Å². The van der Waals surface area contributed by atoms with E-state index in [0.717, 1.165) is 6.07 Å². The van der Waals surface area contributed by atoms with Crippen molar-refractivity contribution in [3.8, 4) is 0 Å². The lowest BCUT2D eigenvalue weighted by molar-refractivity contribution is -0.114. The molecular weight excluding hydrogens is 170 g/mol. The SMILES string of the molecule is [2H]c1cc(C(=O)O)c([2H])c([2H])c1NC(C)=O. The Hall–Kier alpha value is -1.84. The van der Waals surface area contributed by atoms with Crippen molar-refractivity contribution >= 4 is 17.6 Å². The number of aromatic carboxylic acids is 1. The second-order valence-corrected chi connectivity index (χ2v) is 2.31. The maximum absolute atomic E-state index is 10.8. The molecule has 0 fully saturated rings. The Balaban J connectivity index is 3.39. The van der Waals surface area contributed by atoms with Gasteiger partial charge in [-0.2, -0.15) is 0 Å². The topological polar surface area (TPSA) is 66.4 Å². The van der Waals surface area contributed by atoms with E-state index in [-0.39, 0.29) is 11.7 Å². The highest BCUT2D eigenvalue weighted by molar-refractivity contribution is 5.91. The summed E-state index contributed by atoms with van der Waals surface area (Å²) in [5.74, 6) is -1.86. The van der Waals surface area contributed by atoms with Gasteiger partial charge in [-0.3, -0.25) is 4.79 Å². The van der Waals surface area contributed by atoms with Crippen molar-refractivity contribution in [2.45, 2.75) is 6.92 Å². The summed E-state index contributed by atoms with van der Waals surface area (Å²) in [6.45, 7) is 1.20. The molecule has 0 aliphatic rings. The van der Waals surface area contributed by atoms with Crippen LogP contribution >= 0.6 is 0 Å². The van der Waals surface area contributed by atoms with Crippen LogP contribution in [0.25, 0.3) is 0 Å². The van der Waals surface area contributed by atoms with Gasteiger partial charge in [-0.1, -0.05) is 0 Å². The van der Waals surface area contributed by atoms with E-state index >= 15 is 0 Å². The first kappa shape index (κ1) is 5.75. The number of amides is 1. The maximum Gasteiger partial charge on any atom is 0.335 e. The molecule has 1 aromatic carbocycles. The molecular formula is C9H9NO3. The molecule has 1 rings (SSSR count). The number of carboxylic acid groups (broad SMARTS) is 1. The molecule has 2 N–H and O–H groups in total. The summed E-state index contributed by atoms with van der Waals surface area (Å²) in [6.07, 6.45) is 0. The molecule has 0 aliphatic heterocycles. The Bertz CT molecular complexity index is 474. The molecule has 0 aromatic heterocycles. The number of benzene rings is 1. The first-order valence-electron chi connectivity index (χ1n) is 4.96. The summed E-state index contributed by atoms with van der Waals surface area (Å²) in [5.41, 5.74) is -0.577. The minimum Gasteiger partial charge on any atom is -0.478 e.